The number of benzene rings is 1. The maximum atomic E-state index is 12.7. The summed E-state index contributed by atoms with van der Waals surface area (Å²) >= 11 is 0.934. The summed E-state index contributed by atoms with van der Waals surface area (Å²) in [7, 11) is 1.57. The summed E-state index contributed by atoms with van der Waals surface area (Å²) in [6.07, 6.45) is 1.44. The molecule has 3 aromatic heterocycles. The Hall–Kier alpha value is -3.73. The third-order valence-corrected chi connectivity index (χ3v) is 5.39. The molecule has 152 valence electrons. The lowest BCUT2D eigenvalue weighted by molar-refractivity contribution is -0.389. The Morgan fingerprint density at radius 1 is 1.17 bits per heavy atom. The standard InChI is InChI=1S/C19H16N6O4S/c1-3-23-16(12-8-4-5-9-13(12)29-2)21-22-19(23)30-17-15(25(27)28)18(26)24-11-7-6-10-14(24)20-17/h4-11H,3H2,1-2H3. The van der Waals surface area contributed by atoms with Gasteiger partial charge >= 0.3 is 11.2 Å². The van der Waals surface area contributed by atoms with Gasteiger partial charge in [-0.15, -0.1) is 10.2 Å². The van der Waals surface area contributed by atoms with Gasteiger partial charge in [0.25, 0.3) is 0 Å². The van der Waals surface area contributed by atoms with Gasteiger partial charge in [-0.05, 0) is 43.0 Å². The summed E-state index contributed by atoms with van der Waals surface area (Å²) in [4.78, 5) is 27.9. The number of nitrogens with zero attached hydrogens (tertiary/aromatic N) is 6. The summed E-state index contributed by atoms with van der Waals surface area (Å²) in [5.74, 6) is 1.18. The molecule has 0 N–H and O–H groups in total. The fourth-order valence-corrected chi connectivity index (χ4v) is 4.03. The lowest BCUT2D eigenvalue weighted by Crippen LogP contribution is -2.19. The maximum absolute atomic E-state index is 12.7. The van der Waals surface area contributed by atoms with E-state index >= 15 is 0 Å². The molecule has 0 saturated heterocycles. The molecule has 0 aliphatic carbocycles. The van der Waals surface area contributed by atoms with Gasteiger partial charge in [-0.1, -0.05) is 18.2 Å². The Morgan fingerprint density at radius 3 is 2.67 bits per heavy atom. The van der Waals surface area contributed by atoms with E-state index < -0.39 is 16.2 Å². The molecule has 0 radical (unpaired) electrons. The van der Waals surface area contributed by atoms with Gasteiger partial charge in [0.15, 0.2) is 16.0 Å². The van der Waals surface area contributed by atoms with Crippen LogP contribution in [0.25, 0.3) is 17.0 Å². The smallest absolute Gasteiger partial charge is 0.366 e. The topological polar surface area (TPSA) is 117 Å². The van der Waals surface area contributed by atoms with Crippen molar-refractivity contribution in [1.82, 2.24) is 24.1 Å². The van der Waals surface area contributed by atoms with Crippen molar-refractivity contribution in [1.29, 1.82) is 0 Å². The fourth-order valence-electron chi connectivity index (χ4n) is 3.05. The van der Waals surface area contributed by atoms with Crippen LogP contribution in [0.4, 0.5) is 5.69 Å². The molecular formula is C19H16N6O4S. The minimum Gasteiger partial charge on any atom is -0.496 e. The highest BCUT2D eigenvalue weighted by atomic mass is 32.2. The number of pyridine rings is 1. The van der Waals surface area contributed by atoms with Gasteiger partial charge in [0.05, 0.1) is 17.6 Å². The van der Waals surface area contributed by atoms with Crippen LogP contribution in [0.5, 0.6) is 5.75 Å². The number of hydrogen-bond acceptors (Lipinski definition) is 8. The van der Waals surface area contributed by atoms with E-state index in [0.717, 1.165) is 21.7 Å². The quantitative estimate of drug-likeness (QED) is 0.263. The van der Waals surface area contributed by atoms with E-state index in [2.05, 4.69) is 15.2 Å². The first-order valence-electron chi connectivity index (χ1n) is 8.95. The van der Waals surface area contributed by atoms with E-state index in [1.54, 1.807) is 29.9 Å². The third-order valence-electron chi connectivity index (χ3n) is 4.43. The van der Waals surface area contributed by atoms with Crippen LogP contribution in [-0.4, -0.2) is 36.2 Å². The number of fused-ring (bicyclic) bond motifs is 1. The number of methoxy groups -OCH3 is 1. The third kappa shape index (κ3) is 3.28. The maximum Gasteiger partial charge on any atom is 0.366 e. The summed E-state index contributed by atoms with van der Waals surface area (Å²) in [6, 6.07) is 12.3. The van der Waals surface area contributed by atoms with Crippen LogP contribution in [0.15, 0.2) is 63.6 Å². The van der Waals surface area contributed by atoms with Crippen LogP contribution >= 0.6 is 11.8 Å². The zero-order valence-electron chi connectivity index (χ0n) is 16.1. The predicted molar refractivity (Wildman–Crippen MR) is 110 cm³/mol. The van der Waals surface area contributed by atoms with Crippen molar-refractivity contribution in [3.05, 3.63) is 69.1 Å². The molecule has 0 bridgehead atoms. The molecule has 0 aliphatic heterocycles. The second-order valence-electron chi connectivity index (χ2n) is 6.11. The Labute approximate surface area is 174 Å². The van der Waals surface area contributed by atoms with Crippen molar-refractivity contribution in [2.24, 2.45) is 0 Å². The van der Waals surface area contributed by atoms with Gasteiger partial charge < -0.3 is 9.30 Å². The largest absolute Gasteiger partial charge is 0.496 e. The molecule has 1 aromatic carbocycles. The first kappa shape index (κ1) is 19.6. The van der Waals surface area contributed by atoms with Crippen LogP contribution in [0, 0.1) is 10.1 Å². The second kappa shape index (κ2) is 7.95. The Balaban J connectivity index is 1.85. The summed E-state index contributed by atoms with van der Waals surface area (Å²) in [5, 5.41) is 20.4. The molecule has 0 atom stereocenters. The highest BCUT2D eigenvalue weighted by Crippen LogP contribution is 2.35. The average molecular weight is 424 g/mol. The van der Waals surface area contributed by atoms with Crippen molar-refractivity contribution >= 4 is 23.1 Å². The van der Waals surface area contributed by atoms with Crippen LogP contribution in [0.1, 0.15) is 6.92 Å². The first-order chi connectivity index (χ1) is 14.5. The van der Waals surface area contributed by atoms with Gasteiger partial charge in [-0.3, -0.25) is 19.3 Å². The van der Waals surface area contributed by atoms with Crippen LogP contribution in [-0.2, 0) is 6.54 Å². The molecule has 3 heterocycles. The van der Waals surface area contributed by atoms with Gasteiger partial charge in [0, 0.05) is 12.7 Å². The van der Waals surface area contributed by atoms with E-state index in [1.165, 1.54) is 6.20 Å². The monoisotopic (exact) mass is 424 g/mol. The molecule has 4 rings (SSSR count). The van der Waals surface area contributed by atoms with E-state index in [1.807, 2.05) is 31.2 Å². The lowest BCUT2D eigenvalue weighted by atomic mass is 10.2. The molecule has 11 heteroatoms. The Kier molecular flexibility index (Phi) is 5.19. The summed E-state index contributed by atoms with van der Waals surface area (Å²) in [5.41, 5.74) is -0.306. The van der Waals surface area contributed by atoms with E-state index in [0.29, 0.717) is 28.9 Å². The van der Waals surface area contributed by atoms with Crippen molar-refractivity contribution < 1.29 is 9.66 Å². The highest BCUT2D eigenvalue weighted by molar-refractivity contribution is 7.99. The highest BCUT2D eigenvalue weighted by Gasteiger charge is 2.27. The molecule has 0 unspecified atom stereocenters. The Bertz CT molecular complexity index is 1320. The molecule has 0 aliphatic rings. The van der Waals surface area contributed by atoms with Gasteiger partial charge in [-0.25, -0.2) is 4.98 Å². The molecule has 0 amide bonds. The molecule has 30 heavy (non-hydrogen) atoms. The molecule has 0 spiro atoms. The molecule has 10 nitrogen and oxygen atoms in total. The molecule has 4 aromatic rings. The summed E-state index contributed by atoms with van der Waals surface area (Å²) in [6.45, 7) is 2.41. The van der Waals surface area contributed by atoms with Crippen molar-refractivity contribution in [3.63, 3.8) is 0 Å². The first-order valence-corrected chi connectivity index (χ1v) is 9.77. The number of ether oxygens (including phenoxy) is 1. The van der Waals surface area contributed by atoms with Crippen molar-refractivity contribution in [3.8, 4) is 17.1 Å². The molecule has 0 fully saturated rings. The zero-order valence-corrected chi connectivity index (χ0v) is 16.9. The molecule has 0 saturated carbocycles. The number of aromatic nitrogens is 5. The van der Waals surface area contributed by atoms with Crippen molar-refractivity contribution in [2.45, 2.75) is 23.7 Å². The number of para-hydroxylation sites is 1. The number of nitro groups is 1. The zero-order chi connectivity index (χ0) is 21.3. The molecular weight excluding hydrogens is 408 g/mol. The second-order valence-corrected chi connectivity index (χ2v) is 7.07. The minimum absolute atomic E-state index is 0.0372. The van der Waals surface area contributed by atoms with Gasteiger partial charge in [0.1, 0.15) is 11.4 Å². The van der Waals surface area contributed by atoms with Gasteiger partial charge in [0.2, 0.25) is 0 Å². The lowest BCUT2D eigenvalue weighted by Gasteiger charge is -2.10. The summed E-state index contributed by atoms with van der Waals surface area (Å²) < 4.78 is 8.35. The average Bonchev–Trinajstić information content (AvgIpc) is 3.15. The number of hydrogen-bond donors (Lipinski definition) is 0. The SMILES string of the molecule is CCn1c(Sc2nc3ccccn3c(=O)c2[N+](=O)[O-])nnc1-c1ccccc1OC. The minimum atomic E-state index is -0.749. The Morgan fingerprint density at radius 2 is 1.93 bits per heavy atom. The van der Waals surface area contributed by atoms with E-state index in [4.69, 9.17) is 4.74 Å². The van der Waals surface area contributed by atoms with Crippen LogP contribution in [0.2, 0.25) is 0 Å². The predicted octanol–water partition coefficient (Wildman–Crippen LogP) is 3.04. The van der Waals surface area contributed by atoms with Gasteiger partial charge in [-0.2, -0.15) is 0 Å². The fraction of sp³-hybridized carbons (Fsp3) is 0.158. The van der Waals surface area contributed by atoms with E-state index in [9.17, 15) is 14.9 Å². The van der Waals surface area contributed by atoms with Crippen LogP contribution in [0.3, 0.4) is 0 Å². The van der Waals surface area contributed by atoms with Crippen molar-refractivity contribution in [2.75, 3.05) is 7.11 Å². The normalized spacial score (nSPS) is 11.0. The van der Waals surface area contributed by atoms with Crippen LogP contribution < -0.4 is 10.3 Å². The van der Waals surface area contributed by atoms with E-state index in [-0.39, 0.29) is 5.03 Å². The number of rotatable bonds is 6.